The number of allylic oxidation sites excluding steroid dienone is 4. The van der Waals surface area contributed by atoms with E-state index in [4.69, 9.17) is 26.8 Å². The molecule has 1 aromatic carbocycles. The van der Waals surface area contributed by atoms with E-state index in [1.165, 1.54) is 13.3 Å². The Morgan fingerprint density at radius 2 is 2.07 bits per heavy atom. The summed E-state index contributed by atoms with van der Waals surface area (Å²) in [7, 11) is 1.51. The molecule has 0 amide bonds. The first-order valence-electron chi connectivity index (χ1n) is 9.99. The molecule has 1 fully saturated rings. The third kappa shape index (κ3) is 4.98. The Balaban J connectivity index is 2.32. The first kappa shape index (κ1) is 23.8. The molecule has 0 bridgehead atoms. The maximum atomic E-state index is 10.7. The Morgan fingerprint density at radius 3 is 2.67 bits per heavy atom. The number of methoxy groups -OCH3 is 1. The molecule has 1 aliphatic rings. The van der Waals surface area contributed by atoms with Crippen molar-refractivity contribution < 1.29 is 20.3 Å². The third-order valence-electron chi connectivity index (χ3n) is 6.21. The van der Waals surface area contributed by atoms with Gasteiger partial charge in [0.1, 0.15) is 11.5 Å². The highest BCUT2D eigenvalue weighted by Crippen LogP contribution is 2.42. The zero-order chi connectivity index (χ0) is 22.5. The van der Waals surface area contributed by atoms with E-state index in [1.807, 2.05) is 13.0 Å². The van der Waals surface area contributed by atoms with Gasteiger partial charge in [-0.05, 0) is 56.4 Å². The molecule has 0 unspecified atom stereocenters. The molecule has 0 saturated heterocycles. The third-order valence-corrected chi connectivity index (χ3v) is 6.67. The fraction of sp³-hybridized carbons (Fsp3) is 0.478. The van der Waals surface area contributed by atoms with Gasteiger partial charge in [-0.25, -0.2) is 0 Å². The van der Waals surface area contributed by atoms with Gasteiger partial charge in [0.05, 0.1) is 24.1 Å². The second-order valence-electron chi connectivity index (χ2n) is 8.23. The van der Waals surface area contributed by atoms with Crippen molar-refractivity contribution in [3.05, 3.63) is 45.5 Å². The quantitative estimate of drug-likeness (QED) is 0.226. The van der Waals surface area contributed by atoms with Crippen molar-refractivity contribution >= 4 is 23.5 Å². The van der Waals surface area contributed by atoms with Gasteiger partial charge in [-0.2, -0.15) is 0 Å². The van der Waals surface area contributed by atoms with E-state index in [-0.39, 0.29) is 11.2 Å². The van der Waals surface area contributed by atoms with Crippen molar-refractivity contribution in [1.29, 1.82) is 0 Å². The lowest BCUT2D eigenvalue weighted by atomic mass is 9.67. The van der Waals surface area contributed by atoms with Gasteiger partial charge in [-0.15, -0.1) is 0 Å². The summed E-state index contributed by atoms with van der Waals surface area (Å²) in [5, 5.41) is 35.6. The lowest BCUT2D eigenvalue weighted by Gasteiger charge is -2.37. The van der Waals surface area contributed by atoms with Gasteiger partial charge in [0, 0.05) is 11.1 Å². The number of hydrogen-bond acceptors (Lipinski definition) is 6. The summed E-state index contributed by atoms with van der Waals surface area (Å²) in [4.78, 5) is 0. The van der Waals surface area contributed by atoms with Gasteiger partial charge in [-0.1, -0.05) is 59.6 Å². The number of halogens is 1. The molecular weight excluding hydrogens is 404 g/mol. The smallest absolute Gasteiger partial charge is 0.144 e. The number of rotatable bonds is 6. The molecule has 1 aromatic rings. The SMILES string of the molecule is COc1c(Cl)c(C)c(/C=N/O)c(O)c1C/C=C(C)/C=C/[C@]1(C)C/C(=N/O)CC[C@H]1C. The molecule has 6 nitrogen and oxygen atoms in total. The van der Waals surface area contributed by atoms with Crippen molar-refractivity contribution in [2.24, 2.45) is 21.6 Å². The minimum Gasteiger partial charge on any atom is -0.507 e. The second kappa shape index (κ2) is 10.0. The molecule has 164 valence electrons. The lowest BCUT2D eigenvalue weighted by molar-refractivity contribution is 0.241. The van der Waals surface area contributed by atoms with Crippen LogP contribution in [0.15, 0.2) is 34.1 Å². The van der Waals surface area contributed by atoms with Crippen LogP contribution >= 0.6 is 11.6 Å². The molecule has 0 spiro atoms. The Hall–Kier alpha value is -2.47. The van der Waals surface area contributed by atoms with Crippen molar-refractivity contribution in [2.75, 3.05) is 7.11 Å². The van der Waals surface area contributed by atoms with Crippen LogP contribution in [0.25, 0.3) is 0 Å². The summed E-state index contributed by atoms with van der Waals surface area (Å²) >= 11 is 6.41. The van der Waals surface area contributed by atoms with E-state index >= 15 is 0 Å². The Morgan fingerprint density at radius 1 is 1.37 bits per heavy atom. The largest absolute Gasteiger partial charge is 0.507 e. The van der Waals surface area contributed by atoms with Crippen LogP contribution in [0.1, 0.15) is 56.7 Å². The number of hydrogen-bond donors (Lipinski definition) is 3. The monoisotopic (exact) mass is 434 g/mol. The number of nitrogens with zero attached hydrogens (tertiary/aromatic N) is 2. The molecule has 2 atom stereocenters. The van der Waals surface area contributed by atoms with Gasteiger partial charge in [0.15, 0.2) is 0 Å². The number of aromatic hydroxyl groups is 1. The highest BCUT2D eigenvalue weighted by molar-refractivity contribution is 6.33. The van der Waals surface area contributed by atoms with E-state index in [1.54, 1.807) is 6.92 Å². The fourth-order valence-corrected chi connectivity index (χ4v) is 4.16. The van der Waals surface area contributed by atoms with Crippen LogP contribution in [0.4, 0.5) is 0 Å². The van der Waals surface area contributed by atoms with E-state index in [0.717, 1.165) is 30.5 Å². The Labute approximate surface area is 183 Å². The number of phenols is 1. The van der Waals surface area contributed by atoms with Gasteiger partial charge in [-0.3, -0.25) is 0 Å². The zero-order valence-corrected chi connectivity index (χ0v) is 19.0. The predicted molar refractivity (Wildman–Crippen MR) is 121 cm³/mol. The maximum Gasteiger partial charge on any atom is 0.144 e. The molecule has 3 N–H and O–H groups in total. The molecular formula is C23H31ClN2O4. The zero-order valence-electron chi connectivity index (χ0n) is 18.2. The van der Waals surface area contributed by atoms with Crippen LogP contribution in [-0.4, -0.2) is 34.6 Å². The topological polar surface area (TPSA) is 94.6 Å². The van der Waals surface area contributed by atoms with Crippen molar-refractivity contribution in [1.82, 2.24) is 0 Å². The Bertz CT molecular complexity index is 905. The molecule has 0 heterocycles. The first-order chi connectivity index (χ1) is 14.2. The normalized spacial score (nSPS) is 24.3. The Kier molecular flexibility index (Phi) is 7.96. The number of benzene rings is 1. The standard InChI is InChI=1S/C23H31ClN2O4/c1-14(10-11-23(4)12-17(26-29)8-7-15(23)2)6-9-18-21(27)19(13-25-28)16(3)20(24)22(18)30-5/h6,10-11,13,15,27-29H,7-9,12H2,1-5H3/b11-10+,14-6+,25-13+,26-17+/t15-,23-/m1/s1. The predicted octanol–water partition coefficient (Wildman–Crippen LogP) is 5.87. The highest BCUT2D eigenvalue weighted by atomic mass is 35.5. The van der Waals surface area contributed by atoms with Gasteiger partial charge in [0.25, 0.3) is 0 Å². The second-order valence-corrected chi connectivity index (χ2v) is 8.61. The highest BCUT2D eigenvalue weighted by Gasteiger charge is 2.34. The molecule has 30 heavy (non-hydrogen) atoms. The molecule has 0 aliphatic heterocycles. The number of oxime groups is 2. The van der Waals surface area contributed by atoms with Crippen molar-refractivity contribution in [3.8, 4) is 11.5 Å². The molecule has 7 heteroatoms. The van der Waals surface area contributed by atoms with Crippen molar-refractivity contribution in [3.63, 3.8) is 0 Å². The van der Waals surface area contributed by atoms with Crippen LogP contribution in [0, 0.1) is 18.3 Å². The summed E-state index contributed by atoms with van der Waals surface area (Å²) < 4.78 is 5.43. The molecule has 0 radical (unpaired) electrons. The van der Waals surface area contributed by atoms with Gasteiger partial charge in [0.2, 0.25) is 0 Å². The fourth-order valence-electron chi connectivity index (χ4n) is 3.86. The van der Waals surface area contributed by atoms with Crippen LogP contribution < -0.4 is 4.74 Å². The van der Waals surface area contributed by atoms with Gasteiger partial charge < -0.3 is 20.3 Å². The molecule has 1 saturated carbocycles. The van der Waals surface area contributed by atoms with Crippen molar-refractivity contribution in [2.45, 2.75) is 53.4 Å². The average molecular weight is 435 g/mol. The number of phenolic OH excluding ortho intramolecular Hbond substituents is 1. The summed E-state index contributed by atoms with van der Waals surface area (Å²) in [5.74, 6) is 0.870. The van der Waals surface area contributed by atoms with E-state index in [9.17, 15) is 5.11 Å². The summed E-state index contributed by atoms with van der Waals surface area (Å²) in [6.45, 7) is 8.12. The minimum absolute atomic E-state index is 0.0174. The first-order valence-corrected chi connectivity index (χ1v) is 10.4. The van der Waals surface area contributed by atoms with Crippen LogP contribution in [-0.2, 0) is 6.42 Å². The van der Waals surface area contributed by atoms with Crippen LogP contribution in [0.5, 0.6) is 11.5 Å². The lowest BCUT2D eigenvalue weighted by Crippen LogP contribution is -2.31. The van der Waals surface area contributed by atoms with Crippen LogP contribution in [0.2, 0.25) is 5.02 Å². The molecule has 1 aliphatic carbocycles. The number of ether oxygens (including phenoxy) is 1. The summed E-state index contributed by atoms with van der Waals surface area (Å²) in [5.41, 5.74) is 3.25. The van der Waals surface area contributed by atoms with Gasteiger partial charge >= 0.3 is 0 Å². The van der Waals surface area contributed by atoms with E-state index in [2.05, 4.69) is 36.3 Å². The summed E-state index contributed by atoms with van der Waals surface area (Å²) in [6.07, 6.45) is 10.4. The minimum atomic E-state index is -0.0767. The molecule has 0 aromatic heterocycles. The van der Waals surface area contributed by atoms with Crippen LogP contribution in [0.3, 0.4) is 0 Å². The van der Waals surface area contributed by atoms with E-state index < -0.39 is 0 Å². The average Bonchev–Trinajstić information content (AvgIpc) is 2.73. The molecule has 2 rings (SSSR count). The maximum absolute atomic E-state index is 10.7. The summed E-state index contributed by atoms with van der Waals surface area (Å²) in [6, 6.07) is 0. The van der Waals surface area contributed by atoms with E-state index in [0.29, 0.717) is 39.8 Å².